The molecule has 0 bridgehead atoms. The van der Waals surface area contributed by atoms with Gasteiger partial charge in [-0.25, -0.2) is 0 Å². The first kappa shape index (κ1) is 9.75. The van der Waals surface area contributed by atoms with E-state index in [-0.39, 0.29) is 0 Å². The van der Waals surface area contributed by atoms with E-state index < -0.39 is 0 Å². The van der Waals surface area contributed by atoms with Gasteiger partial charge < -0.3 is 4.90 Å². The van der Waals surface area contributed by atoms with Crippen LogP contribution < -0.4 is 0 Å². The predicted octanol–water partition coefficient (Wildman–Crippen LogP) is 2.82. The van der Waals surface area contributed by atoms with E-state index in [0.29, 0.717) is 0 Å². The predicted molar refractivity (Wildman–Crippen MR) is 56.3 cm³/mol. The average molecular weight is 228 g/mol. The zero-order valence-electron chi connectivity index (χ0n) is 7.76. The van der Waals surface area contributed by atoms with Gasteiger partial charge in [0.1, 0.15) is 0 Å². The third-order valence-electron chi connectivity index (χ3n) is 1.70. The Morgan fingerprint density at radius 3 is 2.50 bits per heavy atom. The van der Waals surface area contributed by atoms with Gasteiger partial charge in [-0.3, -0.25) is 0 Å². The second-order valence-corrected chi connectivity index (χ2v) is 4.19. The van der Waals surface area contributed by atoms with E-state index in [2.05, 4.69) is 60.0 Å². The second-order valence-electron chi connectivity index (χ2n) is 3.33. The molecule has 12 heavy (non-hydrogen) atoms. The zero-order valence-corrected chi connectivity index (χ0v) is 9.35. The van der Waals surface area contributed by atoms with E-state index in [0.717, 1.165) is 6.54 Å². The smallest absolute Gasteiger partial charge is 0.0238 e. The first-order valence-electron chi connectivity index (χ1n) is 3.99. The molecule has 0 radical (unpaired) electrons. The molecule has 66 valence electrons. The Morgan fingerprint density at radius 2 is 2.00 bits per heavy atom. The molecule has 1 rings (SSSR count). The van der Waals surface area contributed by atoms with E-state index in [1.165, 1.54) is 15.6 Å². The maximum atomic E-state index is 3.55. The quantitative estimate of drug-likeness (QED) is 0.752. The number of aryl methyl sites for hydroxylation is 1. The Balaban J connectivity index is 2.86. The summed E-state index contributed by atoms with van der Waals surface area (Å²) < 4.78 is 1.20. The van der Waals surface area contributed by atoms with Gasteiger partial charge in [0.2, 0.25) is 0 Å². The highest BCUT2D eigenvalue weighted by molar-refractivity contribution is 9.10. The van der Waals surface area contributed by atoms with Crippen LogP contribution >= 0.6 is 15.9 Å². The Labute approximate surface area is 82.5 Å². The Hall–Kier alpha value is -0.340. The van der Waals surface area contributed by atoms with Crippen molar-refractivity contribution in [2.75, 3.05) is 14.1 Å². The summed E-state index contributed by atoms with van der Waals surface area (Å²) in [5.74, 6) is 0. The van der Waals surface area contributed by atoms with Crippen molar-refractivity contribution >= 4 is 15.9 Å². The number of nitrogens with zero attached hydrogens (tertiary/aromatic N) is 1. The molecular formula is C10H14BrN. The van der Waals surface area contributed by atoms with Gasteiger partial charge in [-0.15, -0.1) is 0 Å². The van der Waals surface area contributed by atoms with Gasteiger partial charge in [-0.2, -0.15) is 0 Å². The van der Waals surface area contributed by atoms with Gasteiger partial charge in [0.25, 0.3) is 0 Å². The fraction of sp³-hybridized carbons (Fsp3) is 0.400. The van der Waals surface area contributed by atoms with Crippen LogP contribution in [-0.4, -0.2) is 19.0 Å². The van der Waals surface area contributed by atoms with Crippen LogP contribution in [0.25, 0.3) is 0 Å². The molecule has 1 aromatic rings. The Morgan fingerprint density at radius 1 is 1.33 bits per heavy atom. The maximum absolute atomic E-state index is 3.55. The summed E-state index contributed by atoms with van der Waals surface area (Å²) in [5, 5.41) is 0. The van der Waals surface area contributed by atoms with E-state index in [9.17, 15) is 0 Å². The molecule has 0 aromatic heterocycles. The molecule has 0 saturated carbocycles. The van der Waals surface area contributed by atoms with E-state index in [1.54, 1.807) is 0 Å². The monoisotopic (exact) mass is 227 g/mol. The summed E-state index contributed by atoms with van der Waals surface area (Å²) >= 11 is 3.55. The fourth-order valence-corrected chi connectivity index (χ4v) is 1.74. The van der Waals surface area contributed by atoms with E-state index in [4.69, 9.17) is 0 Å². The summed E-state index contributed by atoms with van der Waals surface area (Å²) in [7, 11) is 4.15. The molecule has 2 heteroatoms. The van der Waals surface area contributed by atoms with Gasteiger partial charge in [-0.05, 0) is 38.2 Å². The lowest BCUT2D eigenvalue weighted by Gasteiger charge is -2.11. The third kappa shape index (κ3) is 2.61. The number of hydrogen-bond donors (Lipinski definition) is 0. The third-order valence-corrected chi connectivity index (χ3v) is 2.43. The highest BCUT2D eigenvalue weighted by Crippen LogP contribution is 2.18. The fourth-order valence-electron chi connectivity index (χ4n) is 1.12. The van der Waals surface area contributed by atoms with Crippen molar-refractivity contribution in [2.24, 2.45) is 0 Å². The molecule has 0 saturated heterocycles. The molecule has 0 aliphatic carbocycles. The molecule has 0 atom stereocenters. The van der Waals surface area contributed by atoms with Crippen LogP contribution in [0.2, 0.25) is 0 Å². The van der Waals surface area contributed by atoms with Crippen LogP contribution in [0.5, 0.6) is 0 Å². The molecule has 0 aliphatic rings. The SMILES string of the molecule is Cc1ccc(CN(C)C)c(Br)c1. The van der Waals surface area contributed by atoms with Crippen molar-refractivity contribution in [1.82, 2.24) is 4.90 Å². The molecule has 0 N–H and O–H groups in total. The number of benzene rings is 1. The van der Waals surface area contributed by atoms with Crippen LogP contribution in [0.15, 0.2) is 22.7 Å². The first-order valence-corrected chi connectivity index (χ1v) is 4.78. The van der Waals surface area contributed by atoms with E-state index >= 15 is 0 Å². The first-order chi connectivity index (χ1) is 5.59. The van der Waals surface area contributed by atoms with Gasteiger partial charge in [0, 0.05) is 11.0 Å². The summed E-state index contributed by atoms with van der Waals surface area (Å²) in [4.78, 5) is 2.16. The minimum Gasteiger partial charge on any atom is -0.305 e. The summed E-state index contributed by atoms with van der Waals surface area (Å²) in [6.07, 6.45) is 0. The van der Waals surface area contributed by atoms with Gasteiger partial charge in [-0.1, -0.05) is 28.1 Å². The van der Waals surface area contributed by atoms with Crippen molar-refractivity contribution in [3.8, 4) is 0 Å². The van der Waals surface area contributed by atoms with Crippen molar-refractivity contribution in [2.45, 2.75) is 13.5 Å². The molecule has 0 aliphatic heterocycles. The van der Waals surface area contributed by atoms with Crippen LogP contribution in [0.1, 0.15) is 11.1 Å². The lowest BCUT2D eigenvalue weighted by Crippen LogP contribution is -2.10. The highest BCUT2D eigenvalue weighted by Gasteiger charge is 2.00. The van der Waals surface area contributed by atoms with E-state index in [1.807, 2.05) is 0 Å². The maximum Gasteiger partial charge on any atom is 0.0238 e. The number of rotatable bonds is 2. The molecule has 1 nitrogen and oxygen atoms in total. The van der Waals surface area contributed by atoms with Gasteiger partial charge in [0.15, 0.2) is 0 Å². The van der Waals surface area contributed by atoms with Crippen molar-refractivity contribution in [3.63, 3.8) is 0 Å². The topological polar surface area (TPSA) is 3.24 Å². The molecule has 1 aromatic carbocycles. The summed E-state index contributed by atoms with van der Waals surface area (Å²) in [5.41, 5.74) is 2.63. The standard InChI is InChI=1S/C10H14BrN/c1-8-4-5-9(7-12(2)3)10(11)6-8/h4-6H,7H2,1-3H3. The average Bonchev–Trinajstić information content (AvgIpc) is 1.94. The van der Waals surface area contributed by atoms with Crippen molar-refractivity contribution in [3.05, 3.63) is 33.8 Å². The lowest BCUT2D eigenvalue weighted by molar-refractivity contribution is 0.401. The normalized spacial score (nSPS) is 10.8. The summed E-state index contributed by atoms with van der Waals surface area (Å²) in [6, 6.07) is 6.46. The second kappa shape index (κ2) is 4.06. The summed E-state index contributed by atoms with van der Waals surface area (Å²) in [6.45, 7) is 3.09. The molecule has 0 heterocycles. The Kier molecular flexibility index (Phi) is 3.29. The highest BCUT2D eigenvalue weighted by atomic mass is 79.9. The molecule has 0 unspecified atom stereocenters. The largest absolute Gasteiger partial charge is 0.305 e. The molecule has 0 amide bonds. The Bertz CT molecular complexity index is 269. The van der Waals surface area contributed by atoms with Crippen molar-refractivity contribution < 1.29 is 0 Å². The molecule has 0 spiro atoms. The minimum absolute atomic E-state index is 0.987. The van der Waals surface area contributed by atoms with Gasteiger partial charge in [0.05, 0.1) is 0 Å². The lowest BCUT2D eigenvalue weighted by atomic mass is 10.1. The van der Waals surface area contributed by atoms with Crippen molar-refractivity contribution in [1.29, 1.82) is 0 Å². The number of halogens is 1. The molecular weight excluding hydrogens is 214 g/mol. The zero-order chi connectivity index (χ0) is 9.14. The van der Waals surface area contributed by atoms with Gasteiger partial charge >= 0.3 is 0 Å². The van der Waals surface area contributed by atoms with Crippen LogP contribution in [-0.2, 0) is 6.54 Å². The van der Waals surface area contributed by atoms with Crippen LogP contribution in [0.4, 0.5) is 0 Å². The van der Waals surface area contributed by atoms with Crippen LogP contribution in [0, 0.1) is 6.92 Å². The van der Waals surface area contributed by atoms with Crippen LogP contribution in [0.3, 0.4) is 0 Å². The molecule has 0 fully saturated rings. The minimum atomic E-state index is 0.987. The number of hydrogen-bond acceptors (Lipinski definition) is 1.